The van der Waals surface area contributed by atoms with Crippen LogP contribution in [-0.2, 0) is 16.1 Å². The lowest BCUT2D eigenvalue weighted by molar-refractivity contribution is -0.123. The highest BCUT2D eigenvalue weighted by Crippen LogP contribution is 2.24. The molecule has 3 rings (SSSR count). The summed E-state index contributed by atoms with van der Waals surface area (Å²) in [7, 11) is 0. The van der Waals surface area contributed by atoms with Gasteiger partial charge in [-0.3, -0.25) is 9.59 Å². The van der Waals surface area contributed by atoms with E-state index in [2.05, 4.69) is 10.2 Å². The van der Waals surface area contributed by atoms with Crippen molar-refractivity contribution in [3.8, 4) is 0 Å². The highest BCUT2D eigenvalue weighted by Gasteiger charge is 2.17. The molecule has 0 atom stereocenters. The Bertz CT molecular complexity index is 801. The van der Waals surface area contributed by atoms with Gasteiger partial charge >= 0.3 is 0 Å². The monoisotopic (exact) mass is 385 g/mol. The van der Waals surface area contributed by atoms with Crippen molar-refractivity contribution >= 4 is 34.8 Å². The Morgan fingerprint density at radius 3 is 2.37 bits per heavy atom. The lowest BCUT2D eigenvalue weighted by Crippen LogP contribution is -2.39. The van der Waals surface area contributed by atoms with Crippen molar-refractivity contribution in [2.45, 2.75) is 26.3 Å². The lowest BCUT2D eigenvalue weighted by Gasteiger charge is -2.23. The van der Waals surface area contributed by atoms with Gasteiger partial charge in [-0.25, -0.2) is 0 Å². The Labute approximate surface area is 164 Å². The molecule has 1 aliphatic rings. The number of amides is 2. The first-order chi connectivity index (χ1) is 13.0. The molecular weight excluding hydrogens is 362 g/mol. The molecule has 0 saturated carbocycles. The summed E-state index contributed by atoms with van der Waals surface area (Å²) >= 11 is 6.11. The number of benzene rings is 2. The topological polar surface area (TPSA) is 52.7 Å². The molecule has 2 aromatic carbocycles. The van der Waals surface area contributed by atoms with Crippen molar-refractivity contribution in [2.24, 2.45) is 0 Å². The number of nitrogens with one attached hydrogen (secondary N) is 1. The fourth-order valence-electron chi connectivity index (χ4n) is 3.24. The van der Waals surface area contributed by atoms with E-state index >= 15 is 0 Å². The molecule has 0 bridgehead atoms. The summed E-state index contributed by atoms with van der Waals surface area (Å²) in [5.74, 6) is -0.398. The van der Waals surface area contributed by atoms with Crippen LogP contribution < -0.4 is 15.1 Å². The predicted octanol–water partition coefficient (Wildman–Crippen LogP) is 3.61. The SMILES string of the molecule is CC(=O)N(CC(=O)NCc1ccccc1Cl)c1ccc(N2CCCC2)cc1. The Morgan fingerprint density at radius 2 is 1.74 bits per heavy atom. The molecule has 0 aliphatic carbocycles. The Kier molecular flexibility index (Phi) is 6.35. The largest absolute Gasteiger partial charge is 0.372 e. The summed E-state index contributed by atoms with van der Waals surface area (Å²) in [6, 6.07) is 15.2. The standard InChI is InChI=1S/C21H24ClN3O2/c1-16(26)25(15-21(27)23-14-17-6-2-3-7-20(17)22)19-10-8-18(9-11-19)24-12-4-5-13-24/h2-3,6-11H,4-5,12-15H2,1H3,(H,23,27). The molecule has 6 heteroatoms. The third-order valence-corrected chi connectivity index (χ3v) is 5.12. The van der Waals surface area contributed by atoms with Crippen LogP contribution in [0.1, 0.15) is 25.3 Å². The highest BCUT2D eigenvalue weighted by atomic mass is 35.5. The van der Waals surface area contributed by atoms with E-state index in [-0.39, 0.29) is 18.4 Å². The molecule has 0 aromatic heterocycles. The van der Waals surface area contributed by atoms with Crippen molar-refractivity contribution in [1.82, 2.24) is 5.32 Å². The van der Waals surface area contributed by atoms with E-state index in [0.717, 1.165) is 30.0 Å². The average molecular weight is 386 g/mol. The summed E-state index contributed by atoms with van der Waals surface area (Å²) in [5, 5.41) is 3.44. The number of carbonyl (C=O) groups is 2. The number of anilines is 2. The maximum absolute atomic E-state index is 12.3. The summed E-state index contributed by atoms with van der Waals surface area (Å²) < 4.78 is 0. The van der Waals surface area contributed by atoms with Crippen LogP contribution in [0.3, 0.4) is 0 Å². The quantitative estimate of drug-likeness (QED) is 0.826. The van der Waals surface area contributed by atoms with Crippen LogP contribution in [-0.4, -0.2) is 31.4 Å². The van der Waals surface area contributed by atoms with Crippen LogP contribution in [0, 0.1) is 0 Å². The van der Waals surface area contributed by atoms with E-state index in [9.17, 15) is 9.59 Å². The van der Waals surface area contributed by atoms with Crippen molar-refractivity contribution in [3.63, 3.8) is 0 Å². The Balaban J connectivity index is 1.62. The van der Waals surface area contributed by atoms with Crippen molar-refractivity contribution in [1.29, 1.82) is 0 Å². The van der Waals surface area contributed by atoms with Crippen molar-refractivity contribution < 1.29 is 9.59 Å². The van der Waals surface area contributed by atoms with Gasteiger partial charge in [0, 0.05) is 43.0 Å². The summed E-state index contributed by atoms with van der Waals surface area (Å²) in [6.07, 6.45) is 2.43. The molecule has 1 saturated heterocycles. The third-order valence-electron chi connectivity index (χ3n) is 4.75. The minimum absolute atomic E-state index is 0.0250. The Morgan fingerprint density at radius 1 is 1.07 bits per heavy atom. The minimum atomic E-state index is -0.228. The van der Waals surface area contributed by atoms with Crippen LogP contribution in [0.25, 0.3) is 0 Å². The molecule has 5 nitrogen and oxygen atoms in total. The first kappa shape index (κ1) is 19.2. The molecule has 2 amide bonds. The van der Waals surface area contributed by atoms with Gasteiger partial charge in [0.1, 0.15) is 6.54 Å². The van der Waals surface area contributed by atoms with E-state index in [1.165, 1.54) is 24.7 Å². The van der Waals surface area contributed by atoms with E-state index in [0.29, 0.717) is 11.6 Å². The number of nitrogens with zero attached hydrogens (tertiary/aromatic N) is 2. The number of halogens is 1. The zero-order valence-corrected chi connectivity index (χ0v) is 16.2. The van der Waals surface area contributed by atoms with Crippen LogP contribution >= 0.6 is 11.6 Å². The van der Waals surface area contributed by atoms with E-state index in [1.54, 1.807) is 6.07 Å². The van der Waals surface area contributed by atoms with Crippen LogP contribution in [0.5, 0.6) is 0 Å². The lowest BCUT2D eigenvalue weighted by atomic mass is 10.2. The fourth-order valence-corrected chi connectivity index (χ4v) is 3.44. The maximum Gasteiger partial charge on any atom is 0.240 e. The van der Waals surface area contributed by atoms with E-state index in [4.69, 9.17) is 11.6 Å². The smallest absolute Gasteiger partial charge is 0.240 e. The molecule has 1 aliphatic heterocycles. The van der Waals surface area contributed by atoms with Crippen LogP contribution in [0.4, 0.5) is 11.4 Å². The first-order valence-corrected chi connectivity index (χ1v) is 9.55. The minimum Gasteiger partial charge on any atom is -0.372 e. The molecule has 1 N–H and O–H groups in total. The fraction of sp³-hybridized carbons (Fsp3) is 0.333. The molecule has 142 valence electrons. The van der Waals surface area contributed by atoms with Gasteiger partial charge in [-0.15, -0.1) is 0 Å². The van der Waals surface area contributed by atoms with Gasteiger partial charge in [0.05, 0.1) is 0 Å². The molecule has 1 fully saturated rings. The number of hydrogen-bond donors (Lipinski definition) is 1. The second-order valence-corrected chi connectivity index (χ2v) is 7.09. The van der Waals surface area contributed by atoms with Gasteiger partial charge in [0.25, 0.3) is 0 Å². The maximum atomic E-state index is 12.3. The number of rotatable bonds is 6. The highest BCUT2D eigenvalue weighted by molar-refractivity contribution is 6.31. The molecule has 0 spiro atoms. The summed E-state index contributed by atoms with van der Waals surface area (Å²) in [6.45, 7) is 3.91. The van der Waals surface area contributed by atoms with Crippen LogP contribution in [0.2, 0.25) is 5.02 Å². The van der Waals surface area contributed by atoms with Gasteiger partial charge in [-0.05, 0) is 48.7 Å². The van der Waals surface area contributed by atoms with E-state index in [1.807, 2.05) is 42.5 Å². The number of hydrogen-bond acceptors (Lipinski definition) is 3. The molecule has 1 heterocycles. The molecule has 27 heavy (non-hydrogen) atoms. The summed E-state index contributed by atoms with van der Waals surface area (Å²) in [5.41, 5.74) is 2.72. The van der Waals surface area contributed by atoms with Gasteiger partial charge < -0.3 is 15.1 Å². The molecule has 0 radical (unpaired) electrons. The third kappa shape index (κ3) is 5.01. The molecule has 2 aromatic rings. The summed E-state index contributed by atoms with van der Waals surface area (Å²) in [4.78, 5) is 28.2. The van der Waals surface area contributed by atoms with Gasteiger partial charge in [0.15, 0.2) is 0 Å². The molecular formula is C21H24ClN3O2. The Hall–Kier alpha value is -2.53. The van der Waals surface area contributed by atoms with Gasteiger partial charge in [-0.2, -0.15) is 0 Å². The zero-order valence-electron chi connectivity index (χ0n) is 15.5. The number of carbonyl (C=O) groups excluding carboxylic acids is 2. The molecule has 0 unspecified atom stereocenters. The average Bonchev–Trinajstić information content (AvgIpc) is 3.20. The van der Waals surface area contributed by atoms with Crippen molar-refractivity contribution in [3.05, 3.63) is 59.1 Å². The van der Waals surface area contributed by atoms with Gasteiger partial charge in [0.2, 0.25) is 11.8 Å². The second kappa shape index (κ2) is 8.91. The first-order valence-electron chi connectivity index (χ1n) is 9.18. The van der Waals surface area contributed by atoms with Crippen molar-refractivity contribution in [2.75, 3.05) is 29.4 Å². The predicted molar refractivity (Wildman–Crippen MR) is 109 cm³/mol. The van der Waals surface area contributed by atoms with Gasteiger partial charge in [-0.1, -0.05) is 29.8 Å². The second-order valence-electron chi connectivity index (χ2n) is 6.68. The normalized spacial score (nSPS) is 13.5. The van der Waals surface area contributed by atoms with Crippen LogP contribution in [0.15, 0.2) is 48.5 Å². The zero-order chi connectivity index (χ0) is 19.2. The van der Waals surface area contributed by atoms with E-state index < -0.39 is 0 Å².